The van der Waals surface area contributed by atoms with Crippen molar-refractivity contribution in [1.82, 2.24) is 20.4 Å². The van der Waals surface area contributed by atoms with Gasteiger partial charge in [0.05, 0.1) is 11.2 Å². The highest BCUT2D eigenvalue weighted by Gasteiger charge is 2.20. The summed E-state index contributed by atoms with van der Waals surface area (Å²) in [4.78, 5) is 0. The molecule has 2 heterocycles. The molecule has 0 fully saturated rings. The summed E-state index contributed by atoms with van der Waals surface area (Å²) in [5.74, 6) is 1.33. The Bertz CT molecular complexity index is 1150. The van der Waals surface area contributed by atoms with Crippen molar-refractivity contribution < 1.29 is 4.39 Å². The van der Waals surface area contributed by atoms with E-state index in [0.29, 0.717) is 12.4 Å². The van der Waals surface area contributed by atoms with E-state index in [-0.39, 0.29) is 11.2 Å². The average molecular weight is 419 g/mol. The monoisotopic (exact) mass is 418 g/mol. The van der Waals surface area contributed by atoms with Gasteiger partial charge in [0.15, 0.2) is 5.82 Å². The van der Waals surface area contributed by atoms with Crippen LogP contribution in [0.15, 0.2) is 54.6 Å². The van der Waals surface area contributed by atoms with Gasteiger partial charge >= 0.3 is 0 Å². The van der Waals surface area contributed by atoms with E-state index in [2.05, 4.69) is 57.9 Å². The number of rotatable bonds is 8. The Hall–Kier alpha value is -3.48. The van der Waals surface area contributed by atoms with Gasteiger partial charge in [-0.2, -0.15) is 5.10 Å². The van der Waals surface area contributed by atoms with Gasteiger partial charge in [-0.1, -0.05) is 39.0 Å². The molecule has 0 saturated carbocycles. The third kappa shape index (κ3) is 4.66. The summed E-state index contributed by atoms with van der Waals surface area (Å²) >= 11 is 0. The second-order valence-corrected chi connectivity index (χ2v) is 8.31. The molecule has 2 aromatic carbocycles. The fourth-order valence-corrected chi connectivity index (χ4v) is 3.45. The van der Waals surface area contributed by atoms with E-state index >= 15 is 0 Å². The van der Waals surface area contributed by atoms with Crippen molar-refractivity contribution in [2.75, 3.05) is 23.7 Å². The lowest BCUT2D eigenvalue weighted by Crippen LogP contribution is -2.28. The first-order chi connectivity index (χ1) is 15.0. The van der Waals surface area contributed by atoms with Crippen molar-refractivity contribution in [3.63, 3.8) is 0 Å². The van der Waals surface area contributed by atoms with Crippen LogP contribution in [-0.4, -0.2) is 33.5 Å². The summed E-state index contributed by atoms with van der Waals surface area (Å²) in [5.41, 5.74) is 3.65. The predicted octanol–water partition coefficient (Wildman–Crippen LogP) is 5.37. The quantitative estimate of drug-likeness (QED) is 0.358. The standard InChI is InChI=1S/C24H27FN6/c1-4-13-26-23-19-14-16(5-10-21(19)29-31-23)20-11-12-22(30-28-20)27-15-24(2,3)17-6-8-18(25)9-7-17/h5-12,14H,4,13,15H2,1-3H3,(H,27,30)(H2,26,29,31). The molecular weight excluding hydrogens is 391 g/mol. The van der Waals surface area contributed by atoms with Crippen LogP contribution in [0, 0.1) is 5.82 Å². The Morgan fingerprint density at radius 1 is 0.968 bits per heavy atom. The van der Waals surface area contributed by atoms with Crippen LogP contribution in [0.25, 0.3) is 22.2 Å². The van der Waals surface area contributed by atoms with Crippen molar-refractivity contribution in [3.05, 3.63) is 66.0 Å². The summed E-state index contributed by atoms with van der Waals surface area (Å²) in [5, 5.41) is 23.9. The summed E-state index contributed by atoms with van der Waals surface area (Å²) in [7, 11) is 0. The topological polar surface area (TPSA) is 78.5 Å². The lowest BCUT2D eigenvalue weighted by atomic mass is 9.84. The number of hydrogen-bond acceptors (Lipinski definition) is 5. The minimum absolute atomic E-state index is 0.178. The summed E-state index contributed by atoms with van der Waals surface area (Å²) in [6, 6.07) is 16.6. The Kier molecular flexibility index (Phi) is 5.84. The highest BCUT2D eigenvalue weighted by atomic mass is 19.1. The molecule has 0 unspecified atom stereocenters. The zero-order valence-corrected chi connectivity index (χ0v) is 18.0. The first-order valence-corrected chi connectivity index (χ1v) is 10.5. The number of aromatic amines is 1. The minimum Gasteiger partial charge on any atom is -0.368 e. The van der Waals surface area contributed by atoms with E-state index in [1.807, 2.05) is 36.4 Å². The summed E-state index contributed by atoms with van der Waals surface area (Å²) in [6.07, 6.45) is 1.03. The Morgan fingerprint density at radius 3 is 2.48 bits per heavy atom. The molecule has 7 heteroatoms. The van der Waals surface area contributed by atoms with Crippen LogP contribution in [0.3, 0.4) is 0 Å². The molecule has 2 aromatic heterocycles. The van der Waals surface area contributed by atoms with Gasteiger partial charge in [0.25, 0.3) is 0 Å². The molecule has 0 spiro atoms. The number of nitrogens with one attached hydrogen (secondary N) is 3. The van der Waals surface area contributed by atoms with E-state index in [1.165, 1.54) is 12.1 Å². The molecule has 4 rings (SSSR count). The fraction of sp³-hybridized carbons (Fsp3) is 0.292. The second kappa shape index (κ2) is 8.71. The molecule has 0 aliphatic carbocycles. The molecule has 0 atom stereocenters. The van der Waals surface area contributed by atoms with E-state index in [1.54, 1.807) is 0 Å². The normalized spacial score (nSPS) is 11.6. The van der Waals surface area contributed by atoms with Crippen molar-refractivity contribution in [1.29, 1.82) is 0 Å². The van der Waals surface area contributed by atoms with Gasteiger partial charge < -0.3 is 10.6 Å². The van der Waals surface area contributed by atoms with Crippen LogP contribution in [0.2, 0.25) is 0 Å². The molecule has 3 N–H and O–H groups in total. The van der Waals surface area contributed by atoms with Crippen LogP contribution >= 0.6 is 0 Å². The Labute approximate surface area is 181 Å². The van der Waals surface area contributed by atoms with Crippen molar-refractivity contribution >= 4 is 22.5 Å². The van der Waals surface area contributed by atoms with Crippen LogP contribution in [-0.2, 0) is 5.41 Å². The van der Waals surface area contributed by atoms with E-state index in [0.717, 1.165) is 46.5 Å². The van der Waals surface area contributed by atoms with E-state index in [9.17, 15) is 4.39 Å². The van der Waals surface area contributed by atoms with Crippen molar-refractivity contribution in [2.45, 2.75) is 32.6 Å². The number of anilines is 2. The smallest absolute Gasteiger partial charge is 0.155 e. The van der Waals surface area contributed by atoms with Gasteiger partial charge in [0, 0.05) is 29.5 Å². The Morgan fingerprint density at radius 2 is 1.77 bits per heavy atom. The van der Waals surface area contributed by atoms with Gasteiger partial charge in [-0.15, -0.1) is 10.2 Å². The first kappa shape index (κ1) is 20.8. The molecule has 4 aromatic rings. The molecule has 6 nitrogen and oxygen atoms in total. The molecule has 0 amide bonds. The summed E-state index contributed by atoms with van der Waals surface area (Å²) in [6.45, 7) is 7.87. The van der Waals surface area contributed by atoms with Crippen molar-refractivity contribution in [3.8, 4) is 11.3 Å². The molecule has 0 aliphatic heterocycles. The second-order valence-electron chi connectivity index (χ2n) is 8.31. The predicted molar refractivity (Wildman–Crippen MR) is 124 cm³/mol. The van der Waals surface area contributed by atoms with Gasteiger partial charge in [-0.25, -0.2) is 4.39 Å². The highest BCUT2D eigenvalue weighted by Crippen LogP contribution is 2.27. The van der Waals surface area contributed by atoms with Crippen molar-refractivity contribution in [2.24, 2.45) is 0 Å². The van der Waals surface area contributed by atoms with Gasteiger partial charge in [0.1, 0.15) is 11.6 Å². The maximum absolute atomic E-state index is 13.2. The maximum Gasteiger partial charge on any atom is 0.155 e. The SMILES string of the molecule is CCCNc1n[nH]c2ccc(-c3ccc(NCC(C)(C)c4ccc(F)cc4)nn3)cc12. The molecule has 0 aliphatic rings. The lowest BCUT2D eigenvalue weighted by Gasteiger charge is -2.25. The molecule has 0 bridgehead atoms. The third-order valence-electron chi connectivity index (χ3n) is 5.40. The number of aromatic nitrogens is 4. The number of halogens is 1. The zero-order chi connectivity index (χ0) is 21.8. The number of H-pyrrole nitrogens is 1. The number of benzene rings is 2. The lowest BCUT2D eigenvalue weighted by molar-refractivity contribution is 0.552. The van der Waals surface area contributed by atoms with Crippen LogP contribution in [0.1, 0.15) is 32.8 Å². The summed E-state index contributed by atoms with van der Waals surface area (Å²) < 4.78 is 13.2. The maximum atomic E-state index is 13.2. The van der Waals surface area contributed by atoms with Crippen LogP contribution in [0.4, 0.5) is 16.0 Å². The number of fused-ring (bicyclic) bond motifs is 1. The largest absolute Gasteiger partial charge is 0.368 e. The molecule has 0 radical (unpaired) electrons. The minimum atomic E-state index is -0.226. The number of nitrogens with zero attached hydrogens (tertiary/aromatic N) is 3. The number of hydrogen-bond donors (Lipinski definition) is 3. The zero-order valence-electron chi connectivity index (χ0n) is 18.0. The van der Waals surface area contributed by atoms with E-state index < -0.39 is 0 Å². The fourth-order valence-electron chi connectivity index (χ4n) is 3.45. The van der Waals surface area contributed by atoms with E-state index in [4.69, 9.17) is 0 Å². The molecule has 160 valence electrons. The highest BCUT2D eigenvalue weighted by molar-refractivity contribution is 5.92. The molecular formula is C24H27FN6. The van der Waals surface area contributed by atoms with Crippen LogP contribution in [0.5, 0.6) is 0 Å². The first-order valence-electron chi connectivity index (χ1n) is 10.5. The Balaban J connectivity index is 1.47. The average Bonchev–Trinajstić information content (AvgIpc) is 3.19. The third-order valence-corrected chi connectivity index (χ3v) is 5.40. The molecule has 0 saturated heterocycles. The van der Waals surface area contributed by atoms with Crippen LogP contribution < -0.4 is 10.6 Å². The molecule has 31 heavy (non-hydrogen) atoms. The van der Waals surface area contributed by atoms with Gasteiger partial charge in [-0.3, -0.25) is 5.10 Å². The van der Waals surface area contributed by atoms with Gasteiger partial charge in [0.2, 0.25) is 0 Å². The van der Waals surface area contributed by atoms with Gasteiger partial charge in [-0.05, 0) is 48.4 Å².